The van der Waals surface area contributed by atoms with Crippen LogP contribution in [0.2, 0.25) is 0 Å². The van der Waals surface area contributed by atoms with Crippen molar-refractivity contribution in [2.45, 2.75) is 64.0 Å². The minimum absolute atomic E-state index is 0.172. The predicted octanol–water partition coefficient (Wildman–Crippen LogP) is 3.35. The van der Waals surface area contributed by atoms with Gasteiger partial charge in [0.25, 0.3) is 0 Å². The molecular weight excluding hydrogens is 378 g/mol. The van der Waals surface area contributed by atoms with Gasteiger partial charge in [0.2, 0.25) is 10.0 Å². The second-order valence-corrected chi connectivity index (χ2v) is 10.2. The molecule has 8 heteroatoms. The summed E-state index contributed by atoms with van der Waals surface area (Å²) in [5, 5.41) is 3.04. The summed E-state index contributed by atoms with van der Waals surface area (Å²) in [5.74, 6) is 0.172. The molecule has 0 aliphatic carbocycles. The molecule has 1 saturated heterocycles. The monoisotopic (exact) mass is 411 g/mol. The van der Waals surface area contributed by atoms with E-state index in [2.05, 4.69) is 10.0 Å². The van der Waals surface area contributed by atoms with E-state index >= 15 is 0 Å². The largest absolute Gasteiger partial charge is 0.444 e. The van der Waals surface area contributed by atoms with Crippen molar-refractivity contribution in [1.82, 2.24) is 9.62 Å². The lowest BCUT2D eigenvalue weighted by Gasteiger charge is -2.35. The molecule has 1 aromatic rings. The highest BCUT2D eigenvalue weighted by Gasteiger charge is 2.31. The maximum absolute atomic E-state index is 12.8. The number of amides is 1. The number of piperidine rings is 1. The Morgan fingerprint density at radius 1 is 1.25 bits per heavy atom. The number of carbonyl (C=O) groups excluding carboxylic acids is 1. The van der Waals surface area contributed by atoms with Gasteiger partial charge in [0, 0.05) is 31.9 Å². The highest BCUT2D eigenvalue weighted by atomic mass is 32.2. The fourth-order valence-electron chi connectivity index (χ4n) is 3.40. The molecule has 0 spiro atoms. The normalized spacial score (nSPS) is 17.3. The van der Waals surface area contributed by atoms with E-state index in [-0.39, 0.29) is 22.9 Å². The minimum atomic E-state index is -3.59. The third kappa shape index (κ3) is 5.85. The van der Waals surface area contributed by atoms with Crippen LogP contribution in [0.15, 0.2) is 23.1 Å². The average Bonchev–Trinajstić information content (AvgIpc) is 2.60. The van der Waals surface area contributed by atoms with E-state index in [1.54, 1.807) is 30.1 Å². The van der Waals surface area contributed by atoms with Crippen molar-refractivity contribution >= 4 is 21.8 Å². The Hall–Kier alpha value is -1.80. The Morgan fingerprint density at radius 3 is 2.36 bits per heavy atom. The van der Waals surface area contributed by atoms with E-state index in [9.17, 15) is 13.2 Å². The van der Waals surface area contributed by atoms with Crippen LogP contribution in [0, 0.1) is 12.8 Å². The summed E-state index contributed by atoms with van der Waals surface area (Å²) in [6.07, 6.45) is 1.17. The van der Waals surface area contributed by atoms with E-state index in [1.807, 2.05) is 34.6 Å². The molecule has 1 fully saturated rings. The van der Waals surface area contributed by atoms with Crippen molar-refractivity contribution in [3.05, 3.63) is 23.8 Å². The number of sulfonamides is 1. The first-order chi connectivity index (χ1) is 12.9. The minimum Gasteiger partial charge on any atom is -0.444 e. The van der Waals surface area contributed by atoms with Gasteiger partial charge in [-0.15, -0.1) is 0 Å². The number of likely N-dealkylation sites (tertiary alicyclic amines) is 1. The number of nitrogens with zero attached hydrogens (tertiary/aromatic N) is 1. The third-order valence-corrected chi connectivity index (χ3v) is 6.57. The Bertz CT molecular complexity index is 794. The quantitative estimate of drug-likeness (QED) is 0.776. The van der Waals surface area contributed by atoms with Crippen LogP contribution in [0.1, 0.15) is 46.1 Å². The molecule has 7 nitrogen and oxygen atoms in total. The van der Waals surface area contributed by atoms with Gasteiger partial charge in [-0.25, -0.2) is 17.9 Å². The number of nitrogens with one attached hydrogen (secondary N) is 2. The zero-order chi connectivity index (χ0) is 21.1. The molecule has 0 aromatic heterocycles. The lowest BCUT2D eigenvalue weighted by atomic mass is 9.91. The number of benzene rings is 1. The van der Waals surface area contributed by atoms with Gasteiger partial charge in [-0.2, -0.15) is 0 Å². The number of hydrogen-bond acceptors (Lipinski definition) is 5. The number of anilines is 1. The van der Waals surface area contributed by atoms with E-state index in [4.69, 9.17) is 4.74 Å². The Kier molecular flexibility index (Phi) is 6.98. The summed E-state index contributed by atoms with van der Waals surface area (Å²) < 4.78 is 33.7. The first-order valence-corrected chi connectivity index (χ1v) is 11.2. The van der Waals surface area contributed by atoms with Gasteiger partial charge in [-0.05, 0) is 77.1 Å². The molecule has 1 aromatic carbocycles. The molecule has 28 heavy (non-hydrogen) atoms. The summed E-state index contributed by atoms with van der Waals surface area (Å²) in [6, 6.07) is 4.84. The third-order valence-electron chi connectivity index (χ3n) is 5.02. The van der Waals surface area contributed by atoms with Crippen LogP contribution in [0.25, 0.3) is 0 Å². The molecule has 1 heterocycles. The lowest BCUT2D eigenvalue weighted by Crippen LogP contribution is -2.46. The number of ether oxygens (including phenoxy) is 1. The van der Waals surface area contributed by atoms with Crippen molar-refractivity contribution < 1.29 is 17.9 Å². The molecule has 0 bridgehead atoms. The van der Waals surface area contributed by atoms with Crippen LogP contribution in [-0.4, -0.2) is 51.2 Å². The van der Waals surface area contributed by atoms with E-state index in [0.29, 0.717) is 13.1 Å². The van der Waals surface area contributed by atoms with Crippen molar-refractivity contribution in [3.63, 3.8) is 0 Å². The predicted molar refractivity (Wildman–Crippen MR) is 111 cm³/mol. The van der Waals surface area contributed by atoms with Crippen LogP contribution in [0.5, 0.6) is 0 Å². The lowest BCUT2D eigenvalue weighted by molar-refractivity contribution is 0.0174. The van der Waals surface area contributed by atoms with Crippen molar-refractivity contribution in [2.24, 2.45) is 5.92 Å². The van der Waals surface area contributed by atoms with Gasteiger partial charge in [0.05, 0.1) is 4.90 Å². The number of rotatable bonds is 5. The van der Waals surface area contributed by atoms with E-state index in [0.717, 1.165) is 24.1 Å². The summed E-state index contributed by atoms with van der Waals surface area (Å²) >= 11 is 0. The van der Waals surface area contributed by atoms with Gasteiger partial charge in [-0.3, -0.25) is 0 Å². The molecule has 0 unspecified atom stereocenters. The number of hydrogen-bond donors (Lipinski definition) is 2. The number of carbonyl (C=O) groups is 1. The van der Waals surface area contributed by atoms with Crippen LogP contribution in [-0.2, 0) is 14.8 Å². The zero-order valence-corrected chi connectivity index (χ0v) is 18.5. The molecule has 2 N–H and O–H groups in total. The standard InChI is InChI=1S/C20H33N3O4S/c1-14-13-17(7-8-18(14)21-6)28(25,26)22-15(2)16-9-11-23(12-10-16)19(24)27-20(3,4)5/h7-8,13,15-16,21-22H,9-12H2,1-6H3/t15-/m1/s1. The Balaban J connectivity index is 1.95. The van der Waals surface area contributed by atoms with Crippen molar-refractivity contribution in [2.75, 3.05) is 25.5 Å². The summed E-state index contributed by atoms with van der Waals surface area (Å²) in [7, 11) is -1.79. The topological polar surface area (TPSA) is 87.7 Å². The first kappa shape index (κ1) is 22.5. The van der Waals surface area contributed by atoms with Crippen molar-refractivity contribution in [3.8, 4) is 0 Å². The van der Waals surface area contributed by atoms with Gasteiger partial charge in [-0.1, -0.05) is 0 Å². The van der Waals surface area contributed by atoms with Crippen LogP contribution in [0.3, 0.4) is 0 Å². The zero-order valence-electron chi connectivity index (χ0n) is 17.7. The molecule has 1 aliphatic rings. The smallest absolute Gasteiger partial charge is 0.410 e. The Labute approximate surface area is 168 Å². The second-order valence-electron chi connectivity index (χ2n) is 8.44. The summed E-state index contributed by atoms with van der Waals surface area (Å²) in [5.41, 5.74) is 1.27. The van der Waals surface area contributed by atoms with Gasteiger partial charge >= 0.3 is 6.09 Å². The molecule has 0 radical (unpaired) electrons. The molecule has 0 saturated carbocycles. The van der Waals surface area contributed by atoms with Gasteiger partial charge in [0.15, 0.2) is 0 Å². The fourth-order valence-corrected chi connectivity index (χ4v) is 4.80. The SMILES string of the molecule is CNc1ccc(S(=O)(=O)N[C@H](C)C2CCN(C(=O)OC(C)(C)C)CC2)cc1C. The van der Waals surface area contributed by atoms with Crippen LogP contribution < -0.4 is 10.0 Å². The average molecular weight is 412 g/mol. The van der Waals surface area contributed by atoms with Crippen LogP contribution >= 0.6 is 0 Å². The van der Waals surface area contributed by atoms with Crippen molar-refractivity contribution in [1.29, 1.82) is 0 Å². The highest BCUT2D eigenvalue weighted by molar-refractivity contribution is 7.89. The van der Waals surface area contributed by atoms with Gasteiger partial charge in [0.1, 0.15) is 5.60 Å². The molecular formula is C20H33N3O4S. The maximum atomic E-state index is 12.8. The van der Waals surface area contributed by atoms with Gasteiger partial charge < -0.3 is 15.0 Å². The first-order valence-electron chi connectivity index (χ1n) is 9.71. The van der Waals surface area contributed by atoms with E-state index < -0.39 is 15.6 Å². The molecule has 1 atom stereocenters. The Morgan fingerprint density at radius 2 is 1.86 bits per heavy atom. The summed E-state index contributed by atoms with van der Waals surface area (Å²) in [4.78, 5) is 14.1. The van der Waals surface area contributed by atoms with E-state index in [1.165, 1.54) is 0 Å². The van der Waals surface area contributed by atoms with Crippen LogP contribution in [0.4, 0.5) is 10.5 Å². The molecule has 1 amide bonds. The second kappa shape index (κ2) is 8.69. The number of aryl methyl sites for hydroxylation is 1. The molecule has 1 aliphatic heterocycles. The summed E-state index contributed by atoms with van der Waals surface area (Å²) in [6.45, 7) is 10.4. The molecule has 158 valence electrons. The maximum Gasteiger partial charge on any atom is 0.410 e. The fraction of sp³-hybridized carbons (Fsp3) is 0.650. The highest BCUT2D eigenvalue weighted by Crippen LogP contribution is 2.24. The molecule has 2 rings (SSSR count).